The van der Waals surface area contributed by atoms with Crippen molar-refractivity contribution >= 4 is 17.7 Å². The molecule has 1 aliphatic rings. The molecule has 0 spiro atoms. The summed E-state index contributed by atoms with van der Waals surface area (Å²) in [6, 6.07) is 22.5. The molecular formula is C24H22ClNO4. The molecule has 0 fully saturated rings. The van der Waals surface area contributed by atoms with E-state index in [0.29, 0.717) is 16.5 Å². The molecule has 0 aromatic heterocycles. The van der Waals surface area contributed by atoms with Crippen LogP contribution in [0.15, 0.2) is 72.8 Å². The minimum absolute atomic E-state index is 0.115. The number of aliphatic hydroxyl groups is 1. The second kappa shape index (κ2) is 9.20. The van der Waals surface area contributed by atoms with Gasteiger partial charge in [0.15, 0.2) is 0 Å². The van der Waals surface area contributed by atoms with Gasteiger partial charge in [0.25, 0.3) is 0 Å². The van der Waals surface area contributed by atoms with E-state index in [1.165, 1.54) is 0 Å². The van der Waals surface area contributed by atoms with Crippen LogP contribution in [-0.4, -0.2) is 24.4 Å². The standard InChI is InChI=1S/C24H22ClNO4/c25-17-10-11-23-19(12-17)21(14-27)20(18-8-4-5-9-22(18)30-23)13-26-24(28)29-15-16-6-2-1-3-7-16/h1-12,20-21,27H,13-15H2,(H,26,28)/t20-,21-/m1/s1. The van der Waals surface area contributed by atoms with E-state index in [4.69, 9.17) is 21.1 Å². The number of rotatable bonds is 5. The molecule has 1 heterocycles. The van der Waals surface area contributed by atoms with Crippen LogP contribution in [0.4, 0.5) is 4.79 Å². The maximum absolute atomic E-state index is 12.3. The summed E-state index contributed by atoms with van der Waals surface area (Å²) in [4.78, 5) is 12.3. The number of halogens is 1. The largest absolute Gasteiger partial charge is 0.457 e. The first-order valence-corrected chi connectivity index (χ1v) is 10.1. The van der Waals surface area contributed by atoms with Crippen LogP contribution in [-0.2, 0) is 11.3 Å². The molecule has 6 heteroatoms. The second-order valence-electron chi connectivity index (χ2n) is 7.16. The van der Waals surface area contributed by atoms with E-state index in [-0.39, 0.29) is 31.6 Å². The Morgan fingerprint density at radius 2 is 1.70 bits per heavy atom. The fourth-order valence-corrected chi connectivity index (χ4v) is 3.96. The van der Waals surface area contributed by atoms with Crippen LogP contribution in [0.25, 0.3) is 0 Å². The molecule has 3 aromatic carbocycles. The Morgan fingerprint density at radius 3 is 2.50 bits per heavy atom. The van der Waals surface area contributed by atoms with Crippen molar-refractivity contribution in [1.29, 1.82) is 0 Å². The third kappa shape index (κ3) is 4.42. The second-order valence-corrected chi connectivity index (χ2v) is 7.60. The molecular weight excluding hydrogens is 402 g/mol. The summed E-state index contributed by atoms with van der Waals surface area (Å²) in [5.41, 5.74) is 2.63. The van der Waals surface area contributed by atoms with Crippen molar-refractivity contribution in [1.82, 2.24) is 5.32 Å². The smallest absolute Gasteiger partial charge is 0.407 e. The normalized spacial score (nSPS) is 17.1. The molecule has 0 aliphatic carbocycles. The van der Waals surface area contributed by atoms with Gasteiger partial charge in [0, 0.05) is 34.5 Å². The van der Waals surface area contributed by atoms with Crippen LogP contribution in [0.3, 0.4) is 0 Å². The number of carbonyl (C=O) groups is 1. The zero-order valence-electron chi connectivity index (χ0n) is 16.3. The predicted molar refractivity (Wildman–Crippen MR) is 115 cm³/mol. The summed E-state index contributed by atoms with van der Waals surface area (Å²) in [6.45, 7) is 0.362. The first-order valence-electron chi connectivity index (χ1n) is 9.77. The van der Waals surface area contributed by atoms with Crippen LogP contribution in [0.2, 0.25) is 5.02 Å². The van der Waals surface area contributed by atoms with Crippen LogP contribution < -0.4 is 10.1 Å². The van der Waals surface area contributed by atoms with Crippen molar-refractivity contribution in [2.45, 2.75) is 18.4 Å². The first kappa shape index (κ1) is 20.3. The zero-order valence-corrected chi connectivity index (χ0v) is 17.0. The van der Waals surface area contributed by atoms with Crippen LogP contribution in [0, 0.1) is 0 Å². The van der Waals surface area contributed by atoms with Gasteiger partial charge in [0.05, 0.1) is 6.61 Å². The summed E-state index contributed by atoms with van der Waals surface area (Å²) in [6.07, 6.45) is -0.510. The summed E-state index contributed by atoms with van der Waals surface area (Å²) < 4.78 is 11.4. The molecule has 3 aromatic rings. The number of carbonyl (C=O) groups excluding carboxylic acids is 1. The van der Waals surface area contributed by atoms with Crippen molar-refractivity contribution < 1.29 is 19.4 Å². The molecule has 0 bridgehead atoms. The number of hydrogen-bond acceptors (Lipinski definition) is 4. The van der Waals surface area contributed by atoms with E-state index in [1.54, 1.807) is 12.1 Å². The van der Waals surface area contributed by atoms with Gasteiger partial charge in [0.2, 0.25) is 0 Å². The highest BCUT2D eigenvalue weighted by molar-refractivity contribution is 6.30. The van der Waals surface area contributed by atoms with E-state index in [1.807, 2.05) is 60.7 Å². The van der Waals surface area contributed by atoms with Gasteiger partial charge in [-0.3, -0.25) is 0 Å². The molecule has 1 aliphatic heterocycles. The lowest BCUT2D eigenvalue weighted by atomic mass is 9.82. The predicted octanol–water partition coefficient (Wildman–Crippen LogP) is 5.23. The van der Waals surface area contributed by atoms with Crippen molar-refractivity contribution in [3.63, 3.8) is 0 Å². The number of hydrogen-bond donors (Lipinski definition) is 2. The third-order valence-electron chi connectivity index (χ3n) is 5.27. The lowest BCUT2D eigenvalue weighted by Gasteiger charge is -2.25. The monoisotopic (exact) mass is 423 g/mol. The Labute approximate surface area is 180 Å². The summed E-state index contributed by atoms with van der Waals surface area (Å²) >= 11 is 6.21. The fourth-order valence-electron chi connectivity index (χ4n) is 3.78. The van der Waals surface area contributed by atoms with E-state index >= 15 is 0 Å². The Balaban J connectivity index is 1.55. The molecule has 5 nitrogen and oxygen atoms in total. The minimum atomic E-state index is -0.510. The topological polar surface area (TPSA) is 67.8 Å². The van der Waals surface area contributed by atoms with Gasteiger partial charge in [-0.25, -0.2) is 4.79 Å². The van der Waals surface area contributed by atoms with E-state index in [2.05, 4.69) is 5.32 Å². The highest BCUT2D eigenvalue weighted by atomic mass is 35.5. The number of aliphatic hydroxyl groups excluding tert-OH is 1. The number of amides is 1. The van der Waals surface area contributed by atoms with Crippen LogP contribution in [0.5, 0.6) is 11.5 Å². The molecule has 0 unspecified atom stereocenters. The first-order chi connectivity index (χ1) is 14.7. The molecule has 0 saturated heterocycles. The lowest BCUT2D eigenvalue weighted by molar-refractivity contribution is 0.138. The Bertz CT molecular complexity index is 1020. The number of benzene rings is 3. The van der Waals surface area contributed by atoms with Gasteiger partial charge in [0.1, 0.15) is 18.1 Å². The maximum Gasteiger partial charge on any atom is 0.407 e. The Kier molecular flexibility index (Phi) is 6.21. The Hall–Kier alpha value is -3.02. The van der Waals surface area contributed by atoms with Crippen molar-refractivity contribution in [3.05, 3.63) is 94.5 Å². The fraction of sp³-hybridized carbons (Fsp3) is 0.208. The van der Waals surface area contributed by atoms with E-state index < -0.39 is 6.09 Å². The van der Waals surface area contributed by atoms with Crippen molar-refractivity contribution in [2.75, 3.05) is 13.2 Å². The number of fused-ring (bicyclic) bond motifs is 2. The molecule has 154 valence electrons. The van der Waals surface area contributed by atoms with Gasteiger partial charge in [-0.15, -0.1) is 0 Å². The Morgan fingerprint density at radius 1 is 0.967 bits per heavy atom. The number of ether oxygens (including phenoxy) is 2. The van der Waals surface area contributed by atoms with Gasteiger partial charge in [-0.2, -0.15) is 0 Å². The van der Waals surface area contributed by atoms with Gasteiger partial charge >= 0.3 is 6.09 Å². The average molecular weight is 424 g/mol. The molecule has 2 N–H and O–H groups in total. The lowest BCUT2D eigenvalue weighted by Crippen LogP contribution is -2.32. The molecule has 4 rings (SSSR count). The van der Waals surface area contributed by atoms with Crippen molar-refractivity contribution in [3.8, 4) is 11.5 Å². The van der Waals surface area contributed by atoms with E-state index in [0.717, 1.165) is 16.7 Å². The van der Waals surface area contributed by atoms with Gasteiger partial charge in [-0.05, 0) is 29.8 Å². The summed E-state index contributed by atoms with van der Waals surface area (Å²) in [7, 11) is 0. The molecule has 30 heavy (non-hydrogen) atoms. The highest BCUT2D eigenvalue weighted by Gasteiger charge is 2.32. The third-order valence-corrected chi connectivity index (χ3v) is 5.51. The number of para-hydroxylation sites is 1. The molecule has 1 amide bonds. The quantitative estimate of drug-likeness (QED) is 0.589. The SMILES string of the molecule is O=C(NC[C@@H]1c2ccccc2Oc2ccc(Cl)cc2[C@H]1CO)OCc1ccccc1. The number of nitrogens with one attached hydrogen (secondary N) is 1. The number of alkyl carbamates (subject to hydrolysis) is 1. The van der Waals surface area contributed by atoms with Crippen LogP contribution >= 0.6 is 11.6 Å². The van der Waals surface area contributed by atoms with Gasteiger partial charge < -0.3 is 19.9 Å². The molecule has 2 atom stereocenters. The van der Waals surface area contributed by atoms with E-state index in [9.17, 15) is 9.90 Å². The molecule has 0 saturated carbocycles. The highest BCUT2D eigenvalue weighted by Crippen LogP contribution is 2.46. The summed E-state index contributed by atoms with van der Waals surface area (Å²) in [5.74, 6) is 0.841. The van der Waals surface area contributed by atoms with Gasteiger partial charge in [-0.1, -0.05) is 60.1 Å². The average Bonchev–Trinajstić information content (AvgIpc) is 2.90. The maximum atomic E-state index is 12.3. The van der Waals surface area contributed by atoms with Crippen molar-refractivity contribution in [2.24, 2.45) is 0 Å². The molecule has 0 radical (unpaired) electrons. The minimum Gasteiger partial charge on any atom is -0.457 e. The van der Waals surface area contributed by atoms with Crippen LogP contribution in [0.1, 0.15) is 28.5 Å². The summed E-state index contributed by atoms with van der Waals surface area (Å²) in [5, 5.41) is 13.6. The zero-order chi connectivity index (χ0) is 20.9.